The van der Waals surface area contributed by atoms with Crippen molar-refractivity contribution in [2.24, 2.45) is 0 Å². The van der Waals surface area contributed by atoms with Gasteiger partial charge in [0.15, 0.2) is 5.82 Å². The second-order valence-electron chi connectivity index (χ2n) is 2.69. The van der Waals surface area contributed by atoms with Gasteiger partial charge in [-0.1, -0.05) is 6.07 Å². The molecule has 0 heterocycles. The minimum Gasteiger partial charge on any atom is -0.506 e. The molecule has 0 saturated carbocycles. The van der Waals surface area contributed by atoms with Crippen molar-refractivity contribution in [3.63, 3.8) is 0 Å². The van der Waals surface area contributed by atoms with Gasteiger partial charge in [-0.3, -0.25) is 4.79 Å². The first-order valence-corrected chi connectivity index (χ1v) is 4.41. The molecule has 0 radical (unpaired) electrons. The molecule has 1 aromatic rings. The van der Waals surface area contributed by atoms with Gasteiger partial charge >= 0.3 is 0 Å². The number of alkyl halides is 1. The van der Waals surface area contributed by atoms with E-state index < -0.39 is 11.7 Å². The van der Waals surface area contributed by atoms with Crippen molar-refractivity contribution in [2.45, 2.75) is 0 Å². The van der Waals surface area contributed by atoms with Gasteiger partial charge in [0.05, 0.1) is 0 Å². The van der Waals surface area contributed by atoms with Crippen LogP contribution in [0.5, 0.6) is 5.75 Å². The van der Waals surface area contributed by atoms with E-state index in [0.717, 1.165) is 11.0 Å². The Kier molecular flexibility index (Phi) is 3.30. The Morgan fingerprint density at radius 2 is 2.29 bits per heavy atom. The zero-order valence-corrected chi connectivity index (χ0v) is 8.25. The van der Waals surface area contributed by atoms with Crippen LogP contribution in [0.4, 0.5) is 10.1 Å². The van der Waals surface area contributed by atoms with Gasteiger partial charge in [0.2, 0.25) is 5.91 Å². The van der Waals surface area contributed by atoms with Crippen LogP contribution in [0.25, 0.3) is 0 Å². The van der Waals surface area contributed by atoms with Crippen LogP contribution in [0.15, 0.2) is 18.2 Å². The molecule has 76 valence electrons. The Balaban J connectivity index is 3.11. The maximum Gasteiger partial charge on any atom is 0.241 e. The summed E-state index contributed by atoms with van der Waals surface area (Å²) in [4.78, 5) is 12.1. The summed E-state index contributed by atoms with van der Waals surface area (Å²) in [5, 5.41) is 9.33. The molecular formula is C9H9ClFNO2. The lowest BCUT2D eigenvalue weighted by Gasteiger charge is -2.17. The molecule has 14 heavy (non-hydrogen) atoms. The van der Waals surface area contributed by atoms with Crippen LogP contribution in [0.1, 0.15) is 0 Å². The molecule has 0 aromatic heterocycles. The van der Waals surface area contributed by atoms with Gasteiger partial charge in [0, 0.05) is 7.05 Å². The molecule has 0 atom stereocenters. The number of phenolic OH excluding ortho intramolecular Hbond substituents is 1. The van der Waals surface area contributed by atoms with Crippen LogP contribution < -0.4 is 4.90 Å². The summed E-state index contributed by atoms with van der Waals surface area (Å²) in [5.41, 5.74) is -0.154. The summed E-state index contributed by atoms with van der Waals surface area (Å²) < 4.78 is 13.2. The Morgan fingerprint density at radius 3 is 2.79 bits per heavy atom. The predicted octanol–water partition coefficient (Wildman–Crippen LogP) is 1.73. The van der Waals surface area contributed by atoms with E-state index in [1.54, 1.807) is 0 Å². The highest BCUT2D eigenvalue weighted by molar-refractivity contribution is 6.29. The number of carbonyl (C=O) groups excluding carboxylic acids is 1. The molecule has 1 amide bonds. The minimum atomic E-state index is -0.661. The maximum atomic E-state index is 13.2. The zero-order valence-electron chi connectivity index (χ0n) is 7.50. The average molecular weight is 218 g/mol. The number of aromatic hydroxyl groups is 1. The Hall–Kier alpha value is -1.29. The van der Waals surface area contributed by atoms with Crippen molar-refractivity contribution in [3.8, 4) is 5.75 Å². The first kappa shape index (κ1) is 10.8. The molecule has 0 aliphatic rings. The number of nitrogens with zero attached hydrogens (tertiary/aromatic N) is 1. The first-order chi connectivity index (χ1) is 6.57. The lowest BCUT2D eigenvalue weighted by Crippen LogP contribution is -2.28. The second-order valence-corrected chi connectivity index (χ2v) is 2.96. The van der Waals surface area contributed by atoms with E-state index in [2.05, 4.69) is 0 Å². The van der Waals surface area contributed by atoms with Crippen molar-refractivity contribution < 1.29 is 14.3 Å². The first-order valence-electron chi connectivity index (χ1n) is 3.88. The number of amides is 1. The lowest BCUT2D eigenvalue weighted by atomic mass is 10.2. The van der Waals surface area contributed by atoms with Gasteiger partial charge in [-0.2, -0.15) is 0 Å². The van der Waals surface area contributed by atoms with E-state index in [1.165, 1.54) is 19.2 Å². The van der Waals surface area contributed by atoms with Crippen LogP contribution in [0.3, 0.4) is 0 Å². The number of benzene rings is 1. The van der Waals surface area contributed by atoms with E-state index in [1.807, 2.05) is 0 Å². The Bertz CT molecular complexity index is 336. The van der Waals surface area contributed by atoms with Crippen LogP contribution in [-0.4, -0.2) is 23.9 Å². The number of halogens is 2. The third kappa shape index (κ3) is 1.96. The fourth-order valence-corrected chi connectivity index (χ4v) is 1.23. The Labute approximate surface area is 85.7 Å². The van der Waals surface area contributed by atoms with Crippen molar-refractivity contribution in [1.29, 1.82) is 0 Å². The Morgan fingerprint density at radius 1 is 1.64 bits per heavy atom. The maximum absolute atomic E-state index is 13.2. The van der Waals surface area contributed by atoms with Gasteiger partial charge in [-0.25, -0.2) is 4.39 Å². The number of phenols is 1. The fraction of sp³-hybridized carbons (Fsp3) is 0.222. The van der Waals surface area contributed by atoms with Crippen molar-refractivity contribution in [1.82, 2.24) is 0 Å². The largest absolute Gasteiger partial charge is 0.506 e. The quantitative estimate of drug-likeness (QED) is 0.767. The molecule has 0 unspecified atom stereocenters. The zero-order chi connectivity index (χ0) is 10.7. The third-order valence-electron chi connectivity index (χ3n) is 1.79. The van der Waals surface area contributed by atoms with Gasteiger partial charge in [0.1, 0.15) is 17.3 Å². The van der Waals surface area contributed by atoms with Crippen LogP contribution in [0, 0.1) is 5.82 Å². The van der Waals surface area contributed by atoms with Crippen LogP contribution in [-0.2, 0) is 4.79 Å². The predicted molar refractivity (Wildman–Crippen MR) is 52.2 cm³/mol. The molecule has 0 fully saturated rings. The number of hydrogen-bond donors (Lipinski definition) is 1. The monoisotopic (exact) mass is 217 g/mol. The number of hydrogen-bond acceptors (Lipinski definition) is 2. The molecule has 0 spiro atoms. The summed E-state index contributed by atoms with van der Waals surface area (Å²) in [5.74, 6) is -1.69. The average Bonchev–Trinajstić information content (AvgIpc) is 2.16. The smallest absolute Gasteiger partial charge is 0.241 e. The molecule has 3 nitrogen and oxygen atoms in total. The van der Waals surface area contributed by atoms with Gasteiger partial charge in [0.25, 0.3) is 0 Å². The van der Waals surface area contributed by atoms with Gasteiger partial charge in [-0.15, -0.1) is 11.6 Å². The van der Waals surface area contributed by atoms with E-state index in [0.29, 0.717) is 0 Å². The number of carbonyl (C=O) groups is 1. The normalized spacial score (nSPS) is 9.93. The van der Waals surface area contributed by atoms with E-state index in [4.69, 9.17) is 11.6 Å². The summed E-state index contributed by atoms with van der Waals surface area (Å²) in [6.45, 7) is 0. The second kappa shape index (κ2) is 4.28. The molecular weight excluding hydrogens is 209 g/mol. The van der Waals surface area contributed by atoms with Crippen molar-refractivity contribution >= 4 is 23.2 Å². The SMILES string of the molecule is CN(C(=O)CCl)c1c(O)cccc1F. The standard InChI is InChI=1S/C9H9ClFNO2/c1-12(8(14)5-10)9-6(11)3-2-4-7(9)13/h2-4,13H,5H2,1H3. The van der Waals surface area contributed by atoms with Crippen LogP contribution in [0.2, 0.25) is 0 Å². The summed E-state index contributed by atoms with van der Waals surface area (Å²) in [6, 6.07) is 3.82. The molecule has 0 saturated heterocycles. The van der Waals surface area contributed by atoms with Gasteiger partial charge in [-0.05, 0) is 12.1 Å². The van der Waals surface area contributed by atoms with Crippen LogP contribution >= 0.6 is 11.6 Å². The third-order valence-corrected chi connectivity index (χ3v) is 2.02. The number of rotatable bonds is 2. The lowest BCUT2D eigenvalue weighted by molar-refractivity contribution is -0.116. The van der Waals surface area contributed by atoms with E-state index in [-0.39, 0.29) is 17.3 Å². The van der Waals surface area contributed by atoms with E-state index >= 15 is 0 Å². The van der Waals surface area contributed by atoms with Crippen molar-refractivity contribution in [2.75, 3.05) is 17.8 Å². The molecule has 1 N–H and O–H groups in total. The molecule has 5 heteroatoms. The highest BCUT2D eigenvalue weighted by Gasteiger charge is 2.17. The highest BCUT2D eigenvalue weighted by atomic mass is 35.5. The number of anilines is 1. The molecule has 1 aromatic carbocycles. The summed E-state index contributed by atoms with van der Waals surface area (Å²) in [7, 11) is 1.35. The van der Waals surface area contributed by atoms with Crippen molar-refractivity contribution in [3.05, 3.63) is 24.0 Å². The number of para-hydroxylation sites is 1. The molecule has 0 bridgehead atoms. The van der Waals surface area contributed by atoms with Gasteiger partial charge < -0.3 is 10.0 Å². The fourth-order valence-electron chi connectivity index (χ4n) is 1.05. The van der Waals surface area contributed by atoms with E-state index in [9.17, 15) is 14.3 Å². The minimum absolute atomic E-state index is 0.154. The highest BCUT2D eigenvalue weighted by Crippen LogP contribution is 2.29. The summed E-state index contributed by atoms with van der Waals surface area (Å²) >= 11 is 5.31. The molecule has 1 rings (SSSR count). The summed E-state index contributed by atoms with van der Waals surface area (Å²) in [6.07, 6.45) is 0. The molecule has 0 aliphatic carbocycles. The molecule has 0 aliphatic heterocycles. The topological polar surface area (TPSA) is 40.5 Å².